The molecule has 0 bridgehead atoms. The van der Waals surface area contributed by atoms with Gasteiger partial charge in [-0.05, 0) is 45.7 Å². The summed E-state index contributed by atoms with van der Waals surface area (Å²) >= 11 is 6.29. The predicted molar refractivity (Wildman–Crippen MR) is 95.4 cm³/mol. The molecule has 1 saturated heterocycles. The summed E-state index contributed by atoms with van der Waals surface area (Å²) in [5.74, 6) is 0. The highest BCUT2D eigenvalue weighted by Gasteiger charge is 2.29. The molecule has 0 unspecified atom stereocenters. The van der Waals surface area contributed by atoms with Gasteiger partial charge in [-0.1, -0.05) is 17.7 Å². The zero-order valence-corrected chi connectivity index (χ0v) is 15.4. The molecule has 0 spiro atoms. The monoisotopic (exact) mass is 349 g/mol. The standard InChI is InChI=1S/C18H24ClN3O2/c1-18(2,3)24-17(23)21(4)14-8-10-22(11-9-14)16-13(12-20)6-5-7-15(16)19/h5-7,14H,8-11H2,1-4H3. The van der Waals surface area contributed by atoms with E-state index < -0.39 is 5.60 Å². The summed E-state index contributed by atoms with van der Waals surface area (Å²) in [6.45, 7) is 7.08. The van der Waals surface area contributed by atoms with Crippen molar-refractivity contribution >= 4 is 23.4 Å². The molecule has 6 heteroatoms. The quantitative estimate of drug-likeness (QED) is 0.808. The molecule has 0 saturated carbocycles. The van der Waals surface area contributed by atoms with Crippen molar-refractivity contribution in [1.29, 1.82) is 5.26 Å². The maximum absolute atomic E-state index is 12.2. The predicted octanol–water partition coefficient (Wildman–Crippen LogP) is 4.05. The van der Waals surface area contributed by atoms with E-state index in [1.807, 2.05) is 20.8 Å². The van der Waals surface area contributed by atoms with Crippen LogP contribution in [0.3, 0.4) is 0 Å². The van der Waals surface area contributed by atoms with Crippen LogP contribution in [0.5, 0.6) is 0 Å². The van der Waals surface area contributed by atoms with E-state index in [0.29, 0.717) is 10.6 Å². The fourth-order valence-electron chi connectivity index (χ4n) is 2.89. The number of rotatable bonds is 2. The van der Waals surface area contributed by atoms with Gasteiger partial charge in [-0.25, -0.2) is 4.79 Å². The van der Waals surface area contributed by atoms with E-state index in [1.54, 1.807) is 30.1 Å². The summed E-state index contributed by atoms with van der Waals surface area (Å²) in [4.78, 5) is 16.0. The summed E-state index contributed by atoms with van der Waals surface area (Å²) in [6.07, 6.45) is 1.33. The van der Waals surface area contributed by atoms with E-state index in [0.717, 1.165) is 31.6 Å². The number of nitriles is 1. The van der Waals surface area contributed by atoms with E-state index in [9.17, 15) is 10.1 Å². The van der Waals surface area contributed by atoms with Gasteiger partial charge in [0.2, 0.25) is 0 Å². The first-order valence-corrected chi connectivity index (χ1v) is 8.50. The second-order valence-corrected chi connectivity index (χ2v) is 7.46. The number of hydrogen-bond acceptors (Lipinski definition) is 4. The molecule has 0 N–H and O–H groups in total. The van der Waals surface area contributed by atoms with Crippen LogP contribution < -0.4 is 4.90 Å². The summed E-state index contributed by atoms with van der Waals surface area (Å²) in [6, 6.07) is 7.70. The largest absolute Gasteiger partial charge is 0.444 e. The van der Waals surface area contributed by atoms with Crippen molar-refractivity contribution in [2.45, 2.75) is 45.3 Å². The second kappa shape index (κ2) is 7.31. The van der Waals surface area contributed by atoms with Crippen molar-refractivity contribution < 1.29 is 9.53 Å². The van der Waals surface area contributed by atoms with Crippen molar-refractivity contribution in [2.75, 3.05) is 25.0 Å². The van der Waals surface area contributed by atoms with E-state index in [-0.39, 0.29) is 12.1 Å². The van der Waals surface area contributed by atoms with Gasteiger partial charge < -0.3 is 14.5 Å². The van der Waals surface area contributed by atoms with Crippen LogP contribution in [-0.4, -0.2) is 42.8 Å². The number of anilines is 1. The van der Waals surface area contributed by atoms with Crippen molar-refractivity contribution in [3.63, 3.8) is 0 Å². The Labute approximate surface area is 148 Å². The Morgan fingerprint density at radius 3 is 2.54 bits per heavy atom. The topological polar surface area (TPSA) is 56.6 Å². The number of carbonyl (C=O) groups excluding carboxylic acids is 1. The molecule has 130 valence electrons. The number of benzene rings is 1. The minimum Gasteiger partial charge on any atom is -0.444 e. The van der Waals surface area contributed by atoms with E-state index >= 15 is 0 Å². The zero-order valence-electron chi connectivity index (χ0n) is 14.7. The molecule has 24 heavy (non-hydrogen) atoms. The van der Waals surface area contributed by atoms with Crippen LogP contribution in [0, 0.1) is 11.3 Å². The van der Waals surface area contributed by atoms with Gasteiger partial charge in [0, 0.05) is 26.2 Å². The Bertz CT molecular complexity index is 641. The maximum atomic E-state index is 12.2. The van der Waals surface area contributed by atoms with Crippen molar-refractivity contribution in [2.24, 2.45) is 0 Å². The average Bonchev–Trinajstić information content (AvgIpc) is 2.52. The Balaban J connectivity index is 2.02. The summed E-state index contributed by atoms with van der Waals surface area (Å²) in [5.41, 5.74) is 0.882. The van der Waals surface area contributed by atoms with E-state index in [4.69, 9.17) is 16.3 Å². The second-order valence-electron chi connectivity index (χ2n) is 7.06. The lowest BCUT2D eigenvalue weighted by Crippen LogP contribution is -2.47. The smallest absolute Gasteiger partial charge is 0.410 e. The third kappa shape index (κ3) is 4.33. The number of halogens is 1. The van der Waals surface area contributed by atoms with Crippen molar-refractivity contribution in [3.8, 4) is 6.07 Å². The van der Waals surface area contributed by atoms with E-state index in [1.165, 1.54) is 0 Å². The first kappa shape index (κ1) is 18.4. The number of amides is 1. The fourth-order valence-corrected chi connectivity index (χ4v) is 3.18. The molecule has 1 aliphatic rings. The maximum Gasteiger partial charge on any atom is 0.410 e. The van der Waals surface area contributed by atoms with Crippen molar-refractivity contribution in [1.82, 2.24) is 4.90 Å². The Kier molecular flexibility index (Phi) is 5.61. The first-order valence-electron chi connectivity index (χ1n) is 8.12. The van der Waals surface area contributed by atoms with Crippen LogP contribution in [0.25, 0.3) is 0 Å². The van der Waals surface area contributed by atoms with Gasteiger partial charge in [0.25, 0.3) is 0 Å². The molecule has 0 radical (unpaired) electrons. The molecule has 0 aliphatic carbocycles. The zero-order chi connectivity index (χ0) is 17.9. The molecule has 0 atom stereocenters. The van der Waals surface area contributed by atoms with Crippen LogP contribution in [-0.2, 0) is 4.74 Å². The Morgan fingerprint density at radius 2 is 2.00 bits per heavy atom. The lowest BCUT2D eigenvalue weighted by molar-refractivity contribution is 0.0201. The molecular weight excluding hydrogens is 326 g/mol. The highest BCUT2D eigenvalue weighted by Crippen LogP contribution is 2.32. The average molecular weight is 350 g/mol. The number of carbonyl (C=O) groups is 1. The lowest BCUT2D eigenvalue weighted by Gasteiger charge is -2.38. The molecular formula is C18H24ClN3O2. The third-order valence-corrected chi connectivity index (χ3v) is 4.42. The minimum absolute atomic E-state index is 0.129. The number of para-hydroxylation sites is 1. The normalized spacial score (nSPS) is 15.8. The van der Waals surface area contributed by atoms with Gasteiger partial charge in [-0.15, -0.1) is 0 Å². The van der Waals surface area contributed by atoms with Crippen LogP contribution in [0.1, 0.15) is 39.2 Å². The van der Waals surface area contributed by atoms with Crippen LogP contribution in [0.4, 0.5) is 10.5 Å². The third-order valence-electron chi connectivity index (χ3n) is 4.12. The molecule has 1 amide bonds. The number of ether oxygens (including phenoxy) is 1. The van der Waals surface area contributed by atoms with E-state index in [2.05, 4.69) is 11.0 Å². The summed E-state index contributed by atoms with van der Waals surface area (Å²) < 4.78 is 5.43. The SMILES string of the molecule is CN(C(=O)OC(C)(C)C)C1CCN(c2c(Cl)cccc2C#N)CC1. The van der Waals surface area contributed by atoms with Crippen LogP contribution >= 0.6 is 11.6 Å². The first-order chi connectivity index (χ1) is 11.2. The van der Waals surface area contributed by atoms with Gasteiger partial charge in [0.1, 0.15) is 11.7 Å². The van der Waals surface area contributed by atoms with Crippen LogP contribution in [0.2, 0.25) is 5.02 Å². The van der Waals surface area contributed by atoms with Gasteiger partial charge >= 0.3 is 6.09 Å². The Morgan fingerprint density at radius 1 is 1.38 bits per heavy atom. The van der Waals surface area contributed by atoms with Crippen molar-refractivity contribution in [3.05, 3.63) is 28.8 Å². The van der Waals surface area contributed by atoms with Gasteiger partial charge in [0.15, 0.2) is 0 Å². The molecule has 5 nitrogen and oxygen atoms in total. The van der Waals surface area contributed by atoms with Gasteiger partial charge in [-0.3, -0.25) is 0 Å². The summed E-state index contributed by atoms with van der Waals surface area (Å²) in [7, 11) is 1.78. The lowest BCUT2D eigenvalue weighted by atomic mass is 10.0. The highest BCUT2D eigenvalue weighted by molar-refractivity contribution is 6.33. The minimum atomic E-state index is -0.495. The highest BCUT2D eigenvalue weighted by atomic mass is 35.5. The summed E-state index contributed by atoms with van der Waals surface area (Å²) in [5, 5.41) is 9.88. The number of nitrogens with zero attached hydrogens (tertiary/aromatic N) is 3. The molecule has 2 rings (SSSR count). The molecule has 1 aromatic rings. The Hall–Kier alpha value is -1.93. The molecule has 1 fully saturated rings. The molecule has 1 aromatic carbocycles. The molecule has 1 aliphatic heterocycles. The molecule has 0 aromatic heterocycles. The van der Waals surface area contributed by atoms with Gasteiger partial charge in [-0.2, -0.15) is 5.26 Å². The molecule has 1 heterocycles. The number of hydrogen-bond donors (Lipinski definition) is 0. The number of piperidine rings is 1. The van der Waals surface area contributed by atoms with Gasteiger partial charge in [0.05, 0.1) is 16.3 Å². The van der Waals surface area contributed by atoms with Crippen LogP contribution in [0.15, 0.2) is 18.2 Å². The fraction of sp³-hybridized carbons (Fsp3) is 0.556.